The maximum Gasteiger partial charge on any atom is 0.293 e. The van der Waals surface area contributed by atoms with Crippen LogP contribution in [0, 0.1) is 0 Å². The molecule has 1 aliphatic heterocycles. The molecule has 1 saturated heterocycles. The number of nitrogens with zero attached hydrogens (tertiary/aromatic N) is 4. The summed E-state index contributed by atoms with van der Waals surface area (Å²) < 4.78 is 0. The van der Waals surface area contributed by atoms with E-state index in [0.29, 0.717) is 5.82 Å². The summed E-state index contributed by atoms with van der Waals surface area (Å²) in [6, 6.07) is 0. The van der Waals surface area contributed by atoms with Crippen molar-refractivity contribution < 1.29 is 4.79 Å². The Balaban J connectivity index is 2.05. The largest absolute Gasteiger partial charge is 0.335 e. The molecule has 18 heavy (non-hydrogen) atoms. The number of aromatic nitrogens is 3. The number of likely N-dealkylation sites (N-methyl/N-ethyl adjacent to an activating group) is 1. The molecule has 1 amide bonds. The predicted octanol–water partition coefficient (Wildman–Crippen LogP) is 0.706. The first kappa shape index (κ1) is 13.0. The van der Waals surface area contributed by atoms with Crippen LogP contribution in [0.4, 0.5) is 0 Å². The summed E-state index contributed by atoms with van der Waals surface area (Å²) in [5.74, 6) is 1.26. The average molecular weight is 251 g/mol. The van der Waals surface area contributed by atoms with Crippen molar-refractivity contribution in [1.29, 1.82) is 0 Å². The van der Waals surface area contributed by atoms with E-state index in [0.717, 1.165) is 38.4 Å². The molecule has 6 nitrogen and oxygen atoms in total. The van der Waals surface area contributed by atoms with Gasteiger partial charge in [-0.05, 0) is 20.0 Å². The smallest absolute Gasteiger partial charge is 0.293 e. The summed E-state index contributed by atoms with van der Waals surface area (Å²) in [5, 5.41) is 6.85. The third-order valence-electron chi connectivity index (χ3n) is 3.25. The van der Waals surface area contributed by atoms with Gasteiger partial charge in [0.15, 0.2) is 0 Å². The van der Waals surface area contributed by atoms with Gasteiger partial charge < -0.3 is 9.80 Å². The molecule has 1 aliphatic rings. The van der Waals surface area contributed by atoms with Crippen LogP contribution < -0.4 is 0 Å². The standard InChI is InChI=1S/C12H21N5O/c1-9(2)10-13-11(15-14-10)12(18)17-6-4-5-16(3)7-8-17/h9H,4-8H2,1-3H3,(H,13,14,15). The first-order valence-electron chi connectivity index (χ1n) is 6.48. The third-order valence-corrected chi connectivity index (χ3v) is 3.25. The lowest BCUT2D eigenvalue weighted by atomic mass is 10.2. The van der Waals surface area contributed by atoms with E-state index >= 15 is 0 Å². The van der Waals surface area contributed by atoms with E-state index in [1.54, 1.807) is 0 Å². The molecule has 100 valence electrons. The Hall–Kier alpha value is -1.43. The molecular formula is C12H21N5O. The van der Waals surface area contributed by atoms with Gasteiger partial charge in [-0.25, -0.2) is 4.98 Å². The lowest BCUT2D eigenvalue weighted by molar-refractivity contribution is 0.0751. The molecule has 2 rings (SSSR count). The van der Waals surface area contributed by atoms with Gasteiger partial charge in [0, 0.05) is 25.6 Å². The molecule has 0 atom stereocenters. The van der Waals surface area contributed by atoms with E-state index < -0.39 is 0 Å². The normalized spacial score (nSPS) is 18.1. The minimum atomic E-state index is -0.0616. The van der Waals surface area contributed by atoms with Gasteiger partial charge in [-0.15, -0.1) is 5.10 Å². The zero-order valence-electron chi connectivity index (χ0n) is 11.3. The zero-order valence-corrected chi connectivity index (χ0v) is 11.3. The Morgan fingerprint density at radius 3 is 2.72 bits per heavy atom. The lowest BCUT2D eigenvalue weighted by Gasteiger charge is -2.18. The minimum absolute atomic E-state index is 0.0616. The summed E-state index contributed by atoms with van der Waals surface area (Å²) in [6.45, 7) is 7.53. The topological polar surface area (TPSA) is 65.1 Å². The number of aromatic amines is 1. The van der Waals surface area contributed by atoms with Crippen LogP contribution >= 0.6 is 0 Å². The van der Waals surface area contributed by atoms with Crippen molar-refractivity contribution >= 4 is 5.91 Å². The fourth-order valence-corrected chi connectivity index (χ4v) is 2.02. The first-order valence-corrected chi connectivity index (χ1v) is 6.48. The summed E-state index contributed by atoms with van der Waals surface area (Å²) in [7, 11) is 2.08. The quantitative estimate of drug-likeness (QED) is 0.840. The van der Waals surface area contributed by atoms with Gasteiger partial charge in [-0.2, -0.15) is 0 Å². The van der Waals surface area contributed by atoms with Crippen LogP contribution in [-0.2, 0) is 0 Å². The molecule has 0 saturated carbocycles. The number of carbonyl (C=O) groups excluding carboxylic acids is 1. The molecule has 6 heteroatoms. The molecular weight excluding hydrogens is 230 g/mol. The highest BCUT2D eigenvalue weighted by Crippen LogP contribution is 2.10. The number of nitrogens with one attached hydrogen (secondary N) is 1. The molecule has 0 unspecified atom stereocenters. The second-order valence-electron chi connectivity index (χ2n) is 5.15. The number of hydrogen-bond donors (Lipinski definition) is 1. The van der Waals surface area contributed by atoms with E-state index in [1.165, 1.54) is 0 Å². The van der Waals surface area contributed by atoms with Crippen LogP contribution in [0.5, 0.6) is 0 Å². The van der Waals surface area contributed by atoms with Crippen molar-refractivity contribution in [3.05, 3.63) is 11.6 Å². The molecule has 0 aliphatic carbocycles. The summed E-state index contributed by atoms with van der Waals surface area (Å²) in [4.78, 5) is 20.6. The maximum atomic E-state index is 12.3. The number of rotatable bonds is 2. The molecule has 0 bridgehead atoms. The fraction of sp³-hybridized carbons (Fsp3) is 0.750. The Morgan fingerprint density at radius 1 is 1.28 bits per heavy atom. The summed E-state index contributed by atoms with van der Waals surface area (Å²) >= 11 is 0. The predicted molar refractivity (Wildman–Crippen MR) is 68.5 cm³/mol. The van der Waals surface area contributed by atoms with Crippen LogP contribution in [0.3, 0.4) is 0 Å². The second kappa shape index (κ2) is 5.48. The van der Waals surface area contributed by atoms with Gasteiger partial charge in [0.05, 0.1) is 0 Å². The van der Waals surface area contributed by atoms with E-state index in [9.17, 15) is 4.79 Å². The van der Waals surface area contributed by atoms with Crippen LogP contribution in [0.25, 0.3) is 0 Å². The number of H-pyrrole nitrogens is 1. The van der Waals surface area contributed by atoms with E-state index in [4.69, 9.17) is 0 Å². The summed E-state index contributed by atoms with van der Waals surface area (Å²) in [6.07, 6.45) is 1.00. The molecule has 0 radical (unpaired) electrons. The van der Waals surface area contributed by atoms with Crippen molar-refractivity contribution in [2.75, 3.05) is 33.2 Å². The van der Waals surface area contributed by atoms with Crippen LogP contribution in [-0.4, -0.2) is 64.1 Å². The lowest BCUT2D eigenvalue weighted by Crippen LogP contribution is -2.35. The van der Waals surface area contributed by atoms with Gasteiger partial charge in [0.2, 0.25) is 5.82 Å². The molecule has 1 aromatic rings. The maximum absolute atomic E-state index is 12.3. The summed E-state index contributed by atoms with van der Waals surface area (Å²) in [5.41, 5.74) is 0. The SMILES string of the molecule is CC(C)c1nc(C(=O)N2CCCN(C)CC2)n[nH]1. The Labute approximate surface area is 107 Å². The Kier molecular flexibility index (Phi) is 3.96. The number of hydrogen-bond acceptors (Lipinski definition) is 4. The Bertz CT molecular complexity index is 414. The van der Waals surface area contributed by atoms with E-state index in [2.05, 4.69) is 27.1 Å². The monoisotopic (exact) mass is 251 g/mol. The van der Waals surface area contributed by atoms with E-state index in [1.807, 2.05) is 18.7 Å². The third kappa shape index (κ3) is 2.87. The van der Waals surface area contributed by atoms with Crippen LogP contribution in [0.15, 0.2) is 0 Å². The van der Waals surface area contributed by atoms with E-state index in [-0.39, 0.29) is 11.8 Å². The highest BCUT2D eigenvalue weighted by Gasteiger charge is 2.22. The van der Waals surface area contributed by atoms with Gasteiger partial charge >= 0.3 is 0 Å². The van der Waals surface area contributed by atoms with Crippen LogP contribution in [0.1, 0.15) is 42.6 Å². The van der Waals surface area contributed by atoms with Crippen molar-refractivity contribution in [1.82, 2.24) is 25.0 Å². The van der Waals surface area contributed by atoms with Gasteiger partial charge in [0.1, 0.15) is 5.82 Å². The molecule has 1 aromatic heterocycles. The number of amides is 1. The zero-order chi connectivity index (χ0) is 13.1. The highest BCUT2D eigenvalue weighted by atomic mass is 16.2. The molecule has 2 heterocycles. The highest BCUT2D eigenvalue weighted by molar-refractivity contribution is 5.90. The molecule has 1 fully saturated rings. The second-order valence-corrected chi connectivity index (χ2v) is 5.15. The van der Waals surface area contributed by atoms with Crippen molar-refractivity contribution in [2.45, 2.75) is 26.2 Å². The Morgan fingerprint density at radius 2 is 2.06 bits per heavy atom. The molecule has 1 N–H and O–H groups in total. The van der Waals surface area contributed by atoms with Crippen molar-refractivity contribution in [3.8, 4) is 0 Å². The van der Waals surface area contributed by atoms with Crippen molar-refractivity contribution in [2.24, 2.45) is 0 Å². The first-order chi connectivity index (χ1) is 8.58. The number of carbonyl (C=O) groups is 1. The minimum Gasteiger partial charge on any atom is -0.335 e. The fourth-order valence-electron chi connectivity index (χ4n) is 2.02. The van der Waals surface area contributed by atoms with Crippen LogP contribution in [0.2, 0.25) is 0 Å². The molecule has 0 aromatic carbocycles. The van der Waals surface area contributed by atoms with Gasteiger partial charge in [0.25, 0.3) is 5.91 Å². The molecule has 0 spiro atoms. The van der Waals surface area contributed by atoms with Gasteiger partial charge in [-0.1, -0.05) is 13.8 Å². The van der Waals surface area contributed by atoms with Gasteiger partial charge in [-0.3, -0.25) is 9.89 Å². The average Bonchev–Trinajstić information content (AvgIpc) is 2.73. The van der Waals surface area contributed by atoms with Crippen molar-refractivity contribution in [3.63, 3.8) is 0 Å².